The molecule has 1 fully saturated rings. The van der Waals surface area contributed by atoms with Crippen LogP contribution in [0.1, 0.15) is 30.1 Å². The van der Waals surface area contributed by atoms with Gasteiger partial charge in [-0.1, -0.05) is 23.7 Å². The molecule has 164 valence electrons. The van der Waals surface area contributed by atoms with E-state index in [-0.39, 0.29) is 41.3 Å². The maximum atomic E-state index is 12.4. The summed E-state index contributed by atoms with van der Waals surface area (Å²) in [5.74, 6) is -1.45. The molecule has 0 saturated carbocycles. The predicted molar refractivity (Wildman–Crippen MR) is 113 cm³/mol. The monoisotopic (exact) mass is 448 g/mol. The molecule has 1 aromatic heterocycles. The summed E-state index contributed by atoms with van der Waals surface area (Å²) in [5, 5.41) is 12.0. The number of esters is 1. The van der Waals surface area contributed by atoms with Crippen LogP contribution >= 0.6 is 11.6 Å². The highest BCUT2D eigenvalue weighted by Gasteiger charge is 2.33. The van der Waals surface area contributed by atoms with Crippen LogP contribution in [-0.2, 0) is 9.53 Å². The van der Waals surface area contributed by atoms with Gasteiger partial charge in [-0.15, -0.1) is 0 Å². The second-order valence-electron chi connectivity index (χ2n) is 6.75. The number of nitro groups is 1. The Morgan fingerprint density at radius 3 is 2.84 bits per heavy atom. The number of hydrogen-bond acceptors (Lipinski definition) is 9. The molecule has 1 aliphatic rings. The molecular formula is C19H21ClN6O5. The molecule has 31 heavy (non-hydrogen) atoms. The van der Waals surface area contributed by atoms with Crippen molar-refractivity contribution in [3.63, 3.8) is 0 Å². The number of hydrogen-bond donors (Lipinski definition) is 2. The number of anilines is 2. The number of carbonyl (C=O) groups excluding carboxylic acids is 2. The molecule has 0 bridgehead atoms. The number of nitrogens with one attached hydrogen (secondary N) is 2. The van der Waals surface area contributed by atoms with E-state index in [1.54, 1.807) is 30.0 Å². The van der Waals surface area contributed by atoms with Gasteiger partial charge in [-0.2, -0.15) is 0 Å². The molecule has 1 aromatic carbocycles. The topological polar surface area (TPSA) is 140 Å². The lowest BCUT2D eigenvalue weighted by Crippen LogP contribution is -2.40. The Hall–Kier alpha value is -3.47. The van der Waals surface area contributed by atoms with Gasteiger partial charge in [-0.05, 0) is 31.9 Å². The van der Waals surface area contributed by atoms with E-state index >= 15 is 0 Å². The maximum Gasteiger partial charge on any atom is 0.355 e. The summed E-state index contributed by atoms with van der Waals surface area (Å²) < 4.78 is 5.08. The number of hydrazine groups is 1. The van der Waals surface area contributed by atoms with Crippen molar-refractivity contribution in [2.75, 3.05) is 30.0 Å². The molecular weight excluding hydrogens is 428 g/mol. The molecule has 1 saturated heterocycles. The molecule has 11 nitrogen and oxygen atoms in total. The summed E-state index contributed by atoms with van der Waals surface area (Å²) in [7, 11) is 0. The van der Waals surface area contributed by atoms with Gasteiger partial charge in [-0.25, -0.2) is 9.97 Å². The number of nitrogens with zero attached hydrogens (tertiary/aromatic N) is 4. The summed E-state index contributed by atoms with van der Waals surface area (Å²) in [6.45, 7) is 2.71. The number of halogens is 1. The van der Waals surface area contributed by atoms with Gasteiger partial charge in [0, 0.05) is 13.1 Å². The lowest BCUT2D eigenvalue weighted by atomic mass is 9.98. The summed E-state index contributed by atoms with van der Waals surface area (Å²) >= 11 is 6.00. The number of rotatable bonds is 7. The third kappa shape index (κ3) is 5.18. The van der Waals surface area contributed by atoms with Crippen LogP contribution in [0, 0.1) is 16.0 Å². The third-order valence-corrected chi connectivity index (χ3v) is 5.07. The molecule has 1 amide bonds. The van der Waals surface area contributed by atoms with Crippen LogP contribution in [0.4, 0.5) is 17.3 Å². The van der Waals surface area contributed by atoms with Crippen molar-refractivity contribution in [3.05, 3.63) is 51.3 Å². The van der Waals surface area contributed by atoms with E-state index < -0.39 is 22.4 Å². The van der Waals surface area contributed by atoms with E-state index in [4.69, 9.17) is 16.3 Å². The molecule has 2 aromatic rings. The van der Waals surface area contributed by atoms with Gasteiger partial charge in [0.25, 0.3) is 5.91 Å². The molecule has 1 atom stereocenters. The van der Waals surface area contributed by atoms with E-state index in [0.717, 1.165) is 6.33 Å². The van der Waals surface area contributed by atoms with Crippen molar-refractivity contribution in [1.29, 1.82) is 0 Å². The van der Waals surface area contributed by atoms with Crippen molar-refractivity contribution in [2.45, 2.75) is 19.8 Å². The normalized spacial score (nSPS) is 15.8. The van der Waals surface area contributed by atoms with Crippen molar-refractivity contribution < 1.29 is 19.2 Å². The Labute approximate surface area is 182 Å². The summed E-state index contributed by atoms with van der Waals surface area (Å²) in [4.78, 5) is 45.3. The van der Waals surface area contributed by atoms with Gasteiger partial charge in [0.05, 0.1) is 28.0 Å². The van der Waals surface area contributed by atoms with E-state index in [1.807, 2.05) is 0 Å². The maximum absolute atomic E-state index is 12.4. The minimum atomic E-state index is -0.632. The first kappa shape index (κ1) is 22.2. The zero-order chi connectivity index (χ0) is 22.4. The van der Waals surface area contributed by atoms with Gasteiger partial charge >= 0.3 is 11.7 Å². The third-order valence-electron chi connectivity index (χ3n) is 4.74. The Balaban J connectivity index is 1.81. The number of ether oxygens (including phenoxy) is 1. The average molecular weight is 449 g/mol. The summed E-state index contributed by atoms with van der Waals surface area (Å²) in [5.41, 5.74) is 4.63. The molecule has 1 unspecified atom stereocenters. The van der Waals surface area contributed by atoms with Gasteiger partial charge in [0.2, 0.25) is 11.6 Å². The van der Waals surface area contributed by atoms with Crippen molar-refractivity contribution in [1.82, 2.24) is 15.4 Å². The highest BCUT2D eigenvalue weighted by atomic mass is 35.5. The quantitative estimate of drug-likeness (QED) is 0.371. The Kier molecular flexibility index (Phi) is 7.19. The molecule has 0 radical (unpaired) electrons. The first-order chi connectivity index (χ1) is 14.9. The van der Waals surface area contributed by atoms with Crippen LogP contribution < -0.4 is 15.8 Å². The largest absolute Gasteiger partial charge is 0.466 e. The molecule has 3 rings (SSSR count). The Morgan fingerprint density at radius 2 is 2.13 bits per heavy atom. The van der Waals surface area contributed by atoms with Crippen LogP contribution in [0.5, 0.6) is 0 Å². The van der Waals surface area contributed by atoms with E-state index in [2.05, 4.69) is 20.8 Å². The minimum absolute atomic E-state index is 0.0588. The molecule has 2 heterocycles. The standard InChI is InChI=1S/C19H21ClN6O5/c1-2-31-19(28)12-6-5-9-25(10-12)17-15(26(29)30)16(21-11-22-17)23-24-18(27)13-7-3-4-8-14(13)20/h3-4,7-8,11-12H,2,5-6,9-10H2,1H3,(H,24,27)(H,21,22,23). The van der Waals surface area contributed by atoms with E-state index in [0.29, 0.717) is 19.4 Å². The van der Waals surface area contributed by atoms with Gasteiger partial charge < -0.3 is 9.64 Å². The number of amides is 1. The van der Waals surface area contributed by atoms with Crippen LogP contribution in [0.25, 0.3) is 0 Å². The lowest BCUT2D eigenvalue weighted by Gasteiger charge is -2.32. The summed E-state index contributed by atoms with van der Waals surface area (Å²) in [6.07, 6.45) is 2.43. The number of benzene rings is 1. The smallest absolute Gasteiger partial charge is 0.355 e. The van der Waals surface area contributed by atoms with E-state index in [9.17, 15) is 19.7 Å². The zero-order valence-electron chi connectivity index (χ0n) is 16.7. The molecule has 1 aliphatic heterocycles. The average Bonchev–Trinajstić information content (AvgIpc) is 2.77. The number of aromatic nitrogens is 2. The van der Waals surface area contributed by atoms with Gasteiger partial charge in [-0.3, -0.25) is 30.6 Å². The highest BCUT2D eigenvalue weighted by Crippen LogP contribution is 2.34. The lowest BCUT2D eigenvalue weighted by molar-refractivity contribution is -0.383. The molecule has 0 aliphatic carbocycles. The first-order valence-corrected chi connectivity index (χ1v) is 10.0. The van der Waals surface area contributed by atoms with Crippen LogP contribution in [0.2, 0.25) is 5.02 Å². The Bertz CT molecular complexity index is 988. The van der Waals surface area contributed by atoms with Crippen LogP contribution in [-0.4, -0.2) is 46.5 Å². The zero-order valence-corrected chi connectivity index (χ0v) is 17.5. The number of carbonyl (C=O) groups is 2. The fourth-order valence-corrected chi connectivity index (χ4v) is 3.53. The Morgan fingerprint density at radius 1 is 1.35 bits per heavy atom. The minimum Gasteiger partial charge on any atom is -0.466 e. The van der Waals surface area contributed by atoms with Crippen LogP contribution in [0.15, 0.2) is 30.6 Å². The predicted octanol–water partition coefficient (Wildman–Crippen LogP) is 2.57. The van der Waals surface area contributed by atoms with Crippen molar-refractivity contribution in [3.8, 4) is 0 Å². The van der Waals surface area contributed by atoms with Crippen molar-refractivity contribution >= 4 is 40.8 Å². The molecule has 2 N–H and O–H groups in total. The van der Waals surface area contributed by atoms with Crippen molar-refractivity contribution in [2.24, 2.45) is 5.92 Å². The second kappa shape index (κ2) is 10.0. The molecule has 12 heteroatoms. The number of piperidine rings is 1. The first-order valence-electron chi connectivity index (χ1n) is 9.64. The van der Waals surface area contributed by atoms with Gasteiger partial charge in [0.15, 0.2) is 0 Å². The fourth-order valence-electron chi connectivity index (χ4n) is 3.31. The fraction of sp³-hybridized carbons (Fsp3) is 0.368. The van der Waals surface area contributed by atoms with Gasteiger partial charge in [0.1, 0.15) is 6.33 Å². The highest BCUT2D eigenvalue weighted by molar-refractivity contribution is 6.33. The second-order valence-corrected chi connectivity index (χ2v) is 7.15. The SMILES string of the molecule is CCOC(=O)C1CCCN(c2ncnc(NNC(=O)c3ccccc3Cl)c2[N+](=O)[O-])C1. The molecule has 0 spiro atoms. The van der Waals surface area contributed by atoms with E-state index in [1.165, 1.54) is 6.07 Å². The summed E-state index contributed by atoms with van der Waals surface area (Å²) in [6, 6.07) is 6.39. The van der Waals surface area contributed by atoms with Crippen LogP contribution in [0.3, 0.4) is 0 Å².